The molecule has 1 saturated carbocycles. The minimum Gasteiger partial charge on any atom is -0.329 e. The highest BCUT2D eigenvalue weighted by atomic mass is 16.2. The summed E-state index contributed by atoms with van der Waals surface area (Å²) >= 11 is 0. The van der Waals surface area contributed by atoms with Crippen LogP contribution in [0.15, 0.2) is 48.7 Å². The van der Waals surface area contributed by atoms with Gasteiger partial charge in [0.15, 0.2) is 0 Å². The predicted octanol–water partition coefficient (Wildman–Crippen LogP) is 4.25. The summed E-state index contributed by atoms with van der Waals surface area (Å²) in [6.07, 6.45) is 7.33. The van der Waals surface area contributed by atoms with Gasteiger partial charge in [0.2, 0.25) is 0 Å². The molecule has 2 aliphatic rings. The fourth-order valence-corrected chi connectivity index (χ4v) is 4.22. The third-order valence-corrected chi connectivity index (χ3v) is 5.56. The van der Waals surface area contributed by atoms with Gasteiger partial charge in [-0.2, -0.15) is 5.10 Å². The molecule has 1 heterocycles. The standard InChI is InChI=1S/C21H21N3O/c25-21(18-9-3-7-15-13-22-23-20(15)18)24(16-11-12-16)19-10-4-6-14-5-1-2-8-17(14)19/h1-3,5,7-9,13,16,19H,4,6,10-12H2,(H,22,23). The summed E-state index contributed by atoms with van der Waals surface area (Å²) in [5.74, 6) is 0.138. The van der Waals surface area contributed by atoms with Crippen LogP contribution in [0.2, 0.25) is 0 Å². The minimum absolute atomic E-state index is 0.138. The van der Waals surface area contributed by atoms with Gasteiger partial charge in [-0.05, 0) is 49.3 Å². The van der Waals surface area contributed by atoms with Gasteiger partial charge in [-0.3, -0.25) is 9.89 Å². The summed E-state index contributed by atoms with van der Waals surface area (Å²) in [4.78, 5) is 15.7. The Bertz CT molecular complexity index is 941. The van der Waals surface area contributed by atoms with Crippen molar-refractivity contribution in [2.75, 3.05) is 0 Å². The largest absolute Gasteiger partial charge is 0.329 e. The monoisotopic (exact) mass is 331 g/mol. The van der Waals surface area contributed by atoms with Crippen LogP contribution in [-0.2, 0) is 6.42 Å². The second kappa shape index (κ2) is 5.73. The van der Waals surface area contributed by atoms with E-state index in [0.717, 1.165) is 48.6 Å². The quantitative estimate of drug-likeness (QED) is 0.780. The van der Waals surface area contributed by atoms with Crippen molar-refractivity contribution in [3.63, 3.8) is 0 Å². The van der Waals surface area contributed by atoms with Crippen LogP contribution < -0.4 is 0 Å². The molecule has 0 saturated heterocycles. The van der Waals surface area contributed by atoms with E-state index in [1.54, 1.807) is 6.20 Å². The van der Waals surface area contributed by atoms with E-state index in [9.17, 15) is 4.79 Å². The van der Waals surface area contributed by atoms with Crippen molar-refractivity contribution in [3.8, 4) is 0 Å². The number of nitrogens with zero attached hydrogens (tertiary/aromatic N) is 2. The van der Waals surface area contributed by atoms with Crippen LogP contribution in [0.5, 0.6) is 0 Å². The summed E-state index contributed by atoms with van der Waals surface area (Å²) in [5, 5.41) is 8.12. The van der Waals surface area contributed by atoms with Crippen molar-refractivity contribution < 1.29 is 4.79 Å². The molecule has 5 rings (SSSR count). The Hall–Kier alpha value is -2.62. The lowest BCUT2D eigenvalue weighted by atomic mass is 9.86. The number of rotatable bonds is 3. The van der Waals surface area contributed by atoms with Crippen molar-refractivity contribution in [1.29, 1.82) is 0 Å². The molecule has 1 fully saturated rings. The molecule has 2 aromatic carbocycles. The lowest BCUT2D eigenvalue weighted by Gasteiger charge is -2.36. The van der Waals surface area contributed by atoms with Crippen molar-refractivity contribution in [3.05, 3.63) is 65.4 Å². The Kier molecular flexibility index (Phi) is 3.37. The SMILES string of the molecule is O=C(c1cccc2cn[nH]c12)N(C1CC1)C1CCCc2ccccc21. The number of aryl methyl sites for hydroxylation is 1. The average molecular weight is 331 g/mol. The fourth-order valence-electron chi connectivity index (χ4n) is 4.22. The number of benzene rings is 2. The molecule has 1 unspecified atom stereocenters. The number of carbonyl (C=O) groups excluding carboxylic acids is 1. The predicted molar refractivity (Wildman–Crippen MR) is 97.4 cm³/mol. The van der Waals surface area contributed by atoms with Gasteiger partial charge in [0, 0.05) is 11.4 Å². The van der Waals surface area contributed by atoms with E-state index in [2.05, 4.69) is 39.4 Å². The maximum atomic E-state index is 13.5. The van der Waals surface area contributed by atoms with Gasteiger partial charge in [-0.25, -0.2) is 0 Å². The molecule has 0 bridgehead atoms. The molecule has 25 heavy (non-hydrogen) atoms. The number of carbonyl (C=O) groups is 1. The summed E-state index contributed by atoms with van der Waals surface area (Å²) in [5.41, 5.74) is 4.33. The molecule has 1 aromatic heterocycles. The molecule has 3 aromatic rings. The zero-order valence-corrected chi connectivity index (χ0v) is 14.1. The van der Waals surface area contributed by atoms with Crippen LogP contribution in [0.3, 0.4) is 0 Å². The minimum atomic E-state index is 0.138. The second-order valence-electron chi connectivity index (χ2n) is 7.19. The molecular weight excluding hydrogens is 310 g/mol. The molecule has 2 aliphatic carbocycles. The molecule has 0 radical (unpaired) electrons. The Balaban J connectivity index is 1.58. The number of hydrogen-bond acceptors (Lipinski definition) is 2. The Morgan fingerprint density at radius 1 is 1.08 bits per heavy atom. The van der Waals surface area contributed by atoms with Gasteiger partial charge in [0.1, 0.15) is 0 Å². The van der Waals surface area contributed by atoms with Gasteiger partial charge >= 0.3 is 0 Å². The maximum absolute atomic E-state index is 13.5. The van der Waals surface area contributed by atoms with E-state index in [4.69, 9.17) is 0 Å². The highest BCUT2D eigenvalue weighted by molar-refractivity contribution is 6.05. The van der Waals surface area contributed by atoms with Crippen LogP contribution in [0.25, 0.3) is 10.9 Å². The van der Waals surface area contributed by atoms with Crippen LogP contribution >= 0.6 is 0 Å². The van der Waals surface area contributed by atoms with E-state index >= 15 is 0 Å². The highest BCUT2D eigenvalue weighted by Gasteiger charge is 2.40. The molecule has 0 aliphatic heterocycles. The van der Waals surface area contributed by atoms with E-state index in [-0.39, 0.29) is 11.9 Å². The van der Waals surface area contributed by atoms with Gasteiger partial charge < -0.3 is 4.90 Å². The van der Waals surface area contributed by atoms with Crippen molar-refractivity contribution in [2.24, 2.45) is 0 Å². The van der Waals surface area contributed by atoms with E-state index in [1.807, 2.05) is 18.2 Å². The molecule has 4 heteroatoms. The number of amides is 1. The number of hydrogen-bond donors (Lipinski definition) is 1. The first kappa shape index (κ1) is 14.7. The number of H-pyrrole nitrogens is 1. The molecule has 4 nitrogen and oxygen atoms in total. The number of para-hydroxylation sites is 1. The van der Waals surface area contributed by atoms with E-state index in [1.165, 1.54) is 11.1 Å². The highest BCUT2D eigenvalue weighted by Crippen LogP contribution is 2.42. The van der Waals surface area contributed by atoms with Crippen molar-refractivity contribution in [1.82, 2.24) is 15.1 Å². The van der Waals surface area contributed by atoms with Crippen LogP contribution in [0, 0.1) is 0 Å². The second-order valence-corrected chi connectivity index (χ2v) is 7.19. The fraction of sp³-hybridized carbons (Fsp3) is 0.333. The third-order valence-electron chi connectivity index (χ3n) is 5.56. The van der Waals surface area contributed by atoms with E-state index < -0.39 is 0 Å². The smallest absolute Gasteiger partial charge is 0.256 e. The summed E-state index contributed by atoms with van der Waals surface area (Å²) in [6, 6.07) is 15.1. The lowest BCUT2D eigenvalue weighted by molar-refractivity contribution is 0.0640. The van der Waals surface area contributed by atoms with Gasteiger partial charge in [-0.1, -0.05) is 36.4 Å². The molecule has 1 atom stereocenters. The van der Waals surface area contributed by atoms with Crippen molar-refractivity contribution in [2.45, 2.75) is 44.2 Å². The normalized spacial score (nSPS) is 19.6. The third kappa shape index (κ3) is 2.44. The van der Waals surface area contributed by atoms with Gasteiger partial charge in [-0.15, -0.1) is 0 Å². The first-order valence-corrected chi connectivity index (χ1v) is 9.15. The van der Waals surface area contributed by atoms with Gasteiger partial charge in [0.05, 0.1) is 23.3 Å². The first-order chi connectivity index (χ1) is 12.3. The summed E-state index contributed by atoms with van der Waals surface area (Å²) < 4.78 is 0. The number of aromatic amines is 1. The zero-order valence-electron chi connectivity index (χ0n) is 14.1. The van der Waals surface area contributed by atoms with Crippen LogP contribution in [-0.4, -0.2) is 27.0 Å². The summed E-state index contributed by atoms with van der Waals surface area (Å²) in [6.45, 7) is 0. The molecular formula is C21H21N3O. The number of fused-ring (bicyclic) bond motifs is 2. The van der Waals surface area contributed by atoms with Crippen LogP contribution in [0.4, 0.5) is 0 Å². The molecule has 1 N–H and O–H groups in total. The first-order valence-electron chi connectivity index (χ1n) is 9.15. The summed E-state index contributed by atoms with van der Waals surface area (Å²) in [7, 11) is 0. The average Bonchev–Trinajstić information content (AvgIpc) is 3.36. The lowest BCUT2D eigenvalue weighted by Crippen LogP contribution is -2.38. The van der Waals surface area contributed by atoms with Crippen molar-refractivity contribution >= 4 is 16.8 Å². The molecule has 1 amide bonds. The topological polar surface area (TPSA) is 49.0 Å². The molecule has 0 spiro atoms. The van der Waals surface area contributed by atoms with Gasteiger partial charge in [0.25, 0.3) is 5.91 Å². The maximum Gasteiger partial charge on any atom is 0.256 e. The number of nitrogens with one attached hydrogen (secondary N) is 1. The number of aromatic nitrogens is 2. The zero-order chi connectivity index (χ0) is 16.8. The Labute approximate surface area is 146 Å². The Morgan fingerprint density at radius 2 is 1.96 bits per heavy atom. The Morgan fingerprint density at radius 3 is 2.84 bits per heavy atom. The van der Waals surface area contributed by atoms with E-state index in [0.29, 0.717) is 6.04 Å². The molecule has 126 valence electrons. The van der Waals surface area contributed by atoms with Crippen LogP contribution in [0.1, 0.15) is 53.2 Å².